The van der Waals surface area contributed by atoms with E-state index in [2.05, 4.69) is 11.6 Å². The Hall–Kier alpha value is -0.130. The van der Waals surface area contributed by atoms with Crippen molar-refractivity contribution < 1.29 is 0 Å². The summed E-state index contributed by atoms with van der Waals surface area (Å²) in [4.78, 5) is 0. The second kappa shape index (κ2) is 2.25. The van der Waals surface area contributed by atoms with E-state index in [0.717, 1.165) is 5.70 Å². The lowest BCUT2D eigenvalue weighted by Gasteiger charge is -1.86. The molecule has 0 atom stereocenters. The molecule has 0 unspecified atom stereocenters. The van der Waals surface area contributed by atoms with Gasteiger partial charge >= 0.3 is 0 Å². The zero-order valence-electron chi connectivity index (χ0n) is 3.80. The molecule has 0 aliphatic carbocycles. The minimum Gasteiger partial charge on any atom is -0.206 e. The van der Waals surface area contributed by atoms with Crippen molar-refractivity contribution in [1.82, 2.24) is 0 Å². The van der Waals surface area contributed by atoms with Crippen LogP contribution in [-0.4, -0.2) is 0 Å². The zero-order chi connectivity index (χ0) is 5.11. The maximum absolute atomic E-state index is 4.04. The van der Waals surface area contributed by atoms with Crippen LogP contribution in [-0.2, 0) is 0 Å². The third-order valence-corrected chi connectivity index (χ3v) is 1.91. The third kappa shape index (κ3) is 1.42. The van der Waals surface area contributed by atoms with Gasteiger partial charge in [0.2, 0.25) is 0 Å². The van der Waals surface area contributed by atoms with Gasteiger partial charge in [0.25, 0.3) is 0 Å². The molecule has 0 saturated carbocycles. The monoisotopic (exact) mass is 209 g/mol. The highest BCUT2D eigenvalue weighted by atomic mass is 127. The molecule has 3 nitrogen and oxygen atoms in total. The van der Waals surface area contributed by atoms with Gasteiger partial charge in [0, 0.05) is 0 Å². The lowest BCUT2D eigenvalue weighted by molar-refractivity contribution is 1.24. The Morgan fingerprint density at radius 1 is 1.71 bits per heavy atom. The predicted octanol–water partition coefficient (Wildman–Crippen LogP) is 2.38. The van der Waals surface area contributed by atoms with Crippen LogP contribution in [0.25, 0.3) is 0 Å². The van der Waals surface area contributed by atoms with Crippen molar-refractivity contribution >= 4 is 21.3 Å². The van der Waals surface area contributed by atoms with E-state index in [1.807, 2.05) is 6.92 Å². The van der Waals surface area contributed by atoms with Crippen LogP contribution in [0, 0.1) is 0 Å². The van der Waals surface area contributed by atoms with Crippen LogP contribution in [0.2, 0.25) is 0 Å². The van der Waals surface area contributed by atoms with Crippen molar-refractivity contribution in [2.75, 3.05) is 0 Å². The summed E-state index contributed by atoms with van der Waals surface area (Å²) in [6.45, 7) is 1.93. The fourth-order valence-electron chi connectivity index (χ4n) is 0.223. The van der Waals surface area contributed by atoms with Gasteiger partial charge in [-0.05, 0) is 6.92 Å². The first-order valence-electron chi connectivity index (χ1n) is 1.81. The Morgan fingerprint density at radius 2 is 2.57 bits per heavy atom. The van der Waals surface area contributed by atoms with Gasteiger partial charge in [-0.3, -0.25) is 0 Å². The first kappa shape index (κ1) is 5.02. The minimum absolute atomic E-state index is 0.310. The summed E-state index contributed by atoms with van der Waals surface area (Å²) in [6, 6.07) is 0. The quantitative estimate of drug-likeness (QED) is 0.549. The van der Waals surface area contributed by atoms with Crippen molar-refractivity contribution in [3.05, 3.63) is 11.9 Å². The highest BCUT2D eigenvalue weighted by molar-refractivity contribution is 14.1. The molecule has 1 rings (SSSR count). The molecule has 0 aromatic rings. The van der Waals surface area contributed by atoms with Gasteiger partial charge < -0.3 is 0 Å². The molecule has 1 aliphatic heterocycles. The van der Waals surface area contributed by atoms with Gasteiger partial charge in [0.05, 0.1) is 11.9 Å². The molecule has 1 heterocycles. The maximum atomic E-state index is 4.04. The summed E-state index contributed by atoms with van der Waals surface area (Å²) in [6.07, 6.45) is 1.67. The summed E-state index contributed by atoms with van der Waals surface area (Å²) in [5.74, 6) is 0. The van der Waals surface area contributed by atoms with Crippen molar-refractivity contribution in [2.24, 2.45) is 11.6 Å². The van der Waals surface area contributed by atoms with Crippen molar-refractivity contribution in [3.63, 3.8) is 0 Å². The van der Waals surface area contributed by atoms with Crippen LogP contribution in [0.1, 0.15) is 6.92 Å². The van der Waals surface area contributed by atoms with Crippen molar-refractivity contribution in [1.29, 1.82) is 0 Å². The molecule has 0 aromatic heterocycles. The van der Waals surface area contributed by atoms with Gasteiger partial charge in [-0.25, -0.2) is 3.15 Å². The molecule has 0 bridgehead atoms. The molecule has 0 saturated heterocycles. The molecule has 4 heteroatoms. The highest BCUT2D eigenvalue weighted by Crippen LogP contribution is 2.14. The summed E-state index contributed by atoms with van der Waals surface area (Å²) in [5, 5.41) is 3.68. The van der Waals surface area contributed by atoms with E-state index in [1.165, 1.54) is 0 Å². The number of rotatable bonds is 0. The summed E-state index contributed by atoms with van der Waals surface area (Å²) in [7, 11) is 0. The molecular weight excluding hydrogens is 205 g/mol. The molecule has 1 aliphatic rings. The SMILES string of the molecule is CC1=CN=NI=N1. The van der Waals surface area contributed by atoms with Gasteiger partial charge in [-0.15, -0.1) is 3.33 Å². The predicted molar refractivity (Wildman–Crippen MR) is 35.1 cm³/mol. The molecule has 0 aromatic carbocycles. The zero-order valence-corrected chi connectivity index (χ0v) is 5.95. The standard InChI is InChI=1S/C3H4IN3/c1-3-2-5-7-4-6-3/h2H,1H3. The Kier molecular flexibility index (Phi) is 1.61. The van der Waals surface area contributed by atoms with Gasteiger partial charge in [-0.2, -0.15) is 5.11 Å². The van der Waals surface area contributed by atoms with Crippen molar-refractivity contribution in [2.45, 2.75) is 6.92 Å². The Bertz CT molecular complexity index is 146. The molecule has 0 fully saturated rings. The number of hydrogen-bond donors (Lipinski definition) is 0. The van der Waals surface area contributed by atoms with Crippen LogP contribution >= 0.6 is 21.3 Å². The smallest absolute Gasteiger partial charge is 0.167 e. The van der Waals surface area contributed by atoms with E-state index in [-0.39, 0.29) is 21.3 Å². The summed E-state index contributed by atoms with van der Waals surface area (Å²) >= 11 is -0.310. The normalized spacial score (nSPS) is 18.1. The van der Waals surface area contributed by atoms with E-state index in [4.69, 9.17) is 0 Å². The second-order valence-corrected chi connectivity index (χ2v) is 2.47. The Morgan fingerprint density at radius 3 is 2.86 bits per heavy atom. The minimum atomic E-state index is -0.310. The average molecular weight is 209 g/mol. The van der Waals surface area contributed by atoms with Crippen LogP contribution in [0.3, 0.4) is 0 Å². The third-order valence-electron chi connectivity index (χ3n) is 0.493. The van der Waals surface area contributed by atoms with E-state index in [1.54, 1.807) is 6.20 Å². The van der Waals surface area contributed by atoms with Crippen LogP contribution < -0.4 is 0 Å². The van der Waals surface area contributed by atoms with E-state index in [9.17, 15) is 0 Å². The maximum Gasteiger partial charge on any atom is 0.167 e. The van der Waals surface area contributed by atoms with Gasteiger partial charge in [0.15, 0.2) is 21.3 Å². The first-order chi connectivity index (χ1) is 3.39. The van der Waals surface area contributed by atoms with E-state index in [0.29, 0.717) is 0 Å². The largest absolute Gasteiger partial charge is 0.206 e. The second-order valence-electron chi connectivity index (χ2n) is 1.12. The molecule has 7 heavy (non-hydrogen) atoms. The van der Waals surface area contributed by atoms with Gasteiger partial charge in [0.1, 0.15) is 0 Å². The topological polar surface area (TPSA) is 37.1 Å². The molecule has 0 spiro atoms. The molecular formula is C3H4IN3. The van der Waals surface area contributed by atoms with Crippen LogP contribution in [0.5, 0.6) is 0 Å². The fourth-order valence-corrected chi connectivity index (χ4v) is 1.02. The lowest BCUT2D eigenvalue weighted by atomic mass is 10.6. The van der Waals surface area contributed by atoms with Crippen LogP contribution in [0.15, 0.2) is 23.5 Å². The Balaban J connectivity index is 2.82. The van der Waals surface area contributed by atoms with E-state index < -0.39 is 0 Å². The number of nitrogens with zero attached hydrogens (tertiary/aromatic N) is 3. The number of hydrogen-bond acceptors (Lipinski definition) is 3. The summed E-state index contributed by atoms with van der Waals surface area (Å²) in [5.41, 5.74) is 1.00. The van der Waals surface area contributed by atoms with Gasteiger partial charge in [-0.1, -0.05) is 0 Å². The number of allylic oxidation sites excluding steroid dienone is 1. The molecule has 0 amide bonds. The fraction of sp³-hybridized carbons (Fsp3) is 0.333. The first-order valence-corrected chi connectivity index (χ1v) is 3.74. The lowest BCUT2D eigenvalue weighted by Crippen LogP contribution is -1.62. The number of halogens is 1. The van der Waals surface area contributed by atoms with E-state index >= 15 is 0 Å². The highest BCUT2D eigenvalue weighted by Gasteiger charge is 1.83. The average Bonchev–Trinajstić information content (AvgIpc) is 1.69. The molecule has 0 N–H and O–H groups in total. The molecule has 0 radical (unpaired) electrons. The summed E-state index contributed by atoms with van der Waals surface area (Å²) < 4.78 is 7.76. The Labute approximate surface area is 52.0 Å². The van der Waals surface area contributed by atoms with Crippen molar-refractivity contribution in [3.8, 4) is 0 Å². The van der Waals surface area contributed by atoms with Crippen LogP contribution in [0.4, 0.5) is 0 Å². The molecule has 38 valence electrons.